The first-order valence-corrected chi connectivity index (χ1v) is 5.79. The largest absolute Gasteiger partial charge is 0.480 e. The molecular formula is C10H10ClNO2S. The van der Waals surface area contributed by atoms with Crippen molar-refractivity contribution in [3.05, 3.63) is 23.2 Å². The molecule has 3 nitrogen and oxygen atoms in total. The van der Waals surface area contributed by atoms with Crippen molar-refractivity contribution in [1.82, 2.24) is 0 Å². The molecule has 5 heteroatoms. The van der Waals surface area contributed by atoms with Crippen molar-refractivity contribution in [2.75, 3.05) is 5.32 Å². The van der Waals surface area contributed by atoms with E-state index in [9.17, 15) is 4.79 Å². The van der Waals surface area contributed by atoms with Crippen molar-refractivity contribution in [2.24, 2.45) is 0 Å². The Morgan fingerprint density at radius 2 is 2.33 bits per heavy atom. The highest BCUT2D eigenvalue weighted by Gasteiger charge is 2.31. The van der Waals surface area contributed by atoms with Gasteiger partial charge in [0.25, 0.3) is 0 Å². The van der Waals surface area contributed by atoms with Crippen molar-refractivity contribution in [2.45, 2.75) is 23.1 Å². The zero-order chi connectivity index (χ0) is 11.0. The second-order valence-corrected chi connectivity index (χ2v) is 5.07. The van der Waals surface area contributed by atoms with E-state index in [4.69, 9.17) is 16.7 Å². The van der Waals surface area contributed by atoms with Crippen molar-refractivity contribution in [3.8, 4) is 0 Å². The molecular weight excluding hydrogens is 234 g/mol. The lowest BCUT2D eigenvalue weighted by atomic mass is 10.2. The van der Waals surface area contributed by atoms with E-state index in [0.29, 0.717) is 5.02 Å². The number of hydrogen-bond acceptors (Lipinski definition) is 3. The first kappa shape index (κ1) is 10.6. The topological polar surface area (TPSA) is 49.3 Å². The summed E-state index contributed by atoms with van der Waals surface area (Å²) in [6, 6.07) is 5.37. The van der Waals surface area contributed by atoms with Crippen molar-refractivity contribution in [3.63, 3.8) is 0 Å². The average molecular weight is 244 g/mol. The summed E-state index contributed by atoms with van der Waals surface area (Å²) in [4.78, 5) is 11.9. The number of benzene rings is 1. The van der Waals surface area contributed by atoms with Gasteiger partial charge in [-0.3, -0.25) is 4.79 Å². The molecule has 0 aromatic heterocycles. The number of hydrogen-bond donors (Lipinski definition) is 2. The van der Waals surface area contributed by atoms with Crippen LogP contribution in [0.25, 0.3) is 0 Å². The van der Waals surface area contributed by atoms with Crippen LogP contribution in [0, 0.1) is 0 Å². The average Bonchev–Trinajstić information content (AvgIpc) is 2.17. The van der Waals surface area contributed by atoms with Crippen LogP contribution in [0.4, 0.5) is 5.69 Å². The smallest absolute Gasteiger partial charge is 0.319 e. The molecule has 0 fully saturated rings. The number of carboxylic acids is 1. The molecule has 1 aromatic rings. The number of carbonyl (C=O) groups is 1. The van der Waals surface area contributed by atoms with Crippen LogP contribution < -0.4 is 5.32 Å². The molecule has 0 bridgehead atoms. The minimum Gasteiger partial charge on any atom is -0.480 e. The summed E-state index contributed by atoms with van der Waals surface area (Å²) < 4.78 is 0. The SMILES string of the molecule is CC1Nc2ccc(Cl)cc2SC1C(=O)O. The van der Waals surface area contributed by atoms with Gasteiger partial charge in [0.1, 0.15) is 5.25 Å². The summed E-state index contributed by atoms with van der Waals surface area (Å²) in [5.41, 5.74) is 0.953. The fraction of sp³-hybridized carbons (Fsp3) is 0.300. The van der Waals surface area contributed by atoms with Crippen LogP contribution in [0.1, 0.15) is 6.92 Å². The normalized spacial score (nSPS) is 24.1. The first-order chi connectivity index (χ1) is 7.08. The number of carboxylic acid groups (broad SMARTS) is 1. The quantitative estimate of drug-likeness (QED) is 0.796. The van der Waals surface area contributed by atoms with E-state index in [2.05, 4.69) is 5.32 Å². The Balaban J connectivity index is 2.34. The Morgan fingerprint density at radius 1 is 1.60 bits per heavy atom. The lowest BCUT2D eigenvalue weighted by molar-refractivity contribution is -0.136. The van der Waals surface area contributed by atoms with E-state index in [1.54, 1.807) is 12.1 Å². The number of halogens is 1. The van der Waals surface area contributed by atoms with Crippen molar-refractivity contribution in [1.29, 1.82) is 0 Å². The Kier molecular flexibility index (Phi) is 2.80. The summed E-state index contributed by atoms with van der Waals surface area (Å²) in [6.45, 7) is 1.86. The standard InChI is InChI=1S/C10H10ClNO2S/c1-5-9(10(13)14)15-8-4-6(11)2-3-7(8)12-5/h2-5,9,12H,1H3,(H,13,14). The van der Waals surface area contributed by atoms with Crippen molar-refractivity contribution >= 4 is 35.0 Å². The number of rotatable bonds is 1. The molecule has 0 amide bonds. The molecule has 1 heterocycles. The van der Waals surface area contributed by atoms with Gasteiger partial charge in [0.15, 0.2) is 0 Å². The predicted molar refractivity (Wildman–Crippen MR) is 61.8 cm³/mol. The molecule has 0 aliphatic carbocycles. The molecule has 2 N–H and O–H groups in total. The van der Waals surface area contributed by atoms with Gasteiger partial charge in [-0.05, 0) is 25.1 Å². The maximum Gasteiger partial charge on any atom is 0.319 e. The van der Waals surface area contributed by atoms with Crippen LogP contribution in [-0.2, 0) is 4.79 Å². The summed E-state index contributed by atoms with van der Waals surface area (Å²) >= 11 is 7.19. The highest BCUT2D eigenvalue weighted by molar-refractivity contribution is 8.01. The third-order valence-electron chi connectivity index (χ3n) is 2.28. The Bertz CT molecular complexity index is 410. The molecule has 2 atom stereocenters. The number of aliphatic carboxylic acids is 1. The van der Waals surface area contributed by atoms with Gasteiger partial charge in [-0.2, -0.15) is 0 Å². The van der Waals surface area contributed by atoms with E-state index in [0.717, 1.165) is 10.6 Å². The monoisotopic (exact) mass is 243 g/mol. The molecule has 0 spiro atoms. The second kappa shape index (κ2) is 3.94. The lowest BCUT2D eigenvalue weighted by Crippen LogP contribution is -2.37. The van der Waals surface area contributed by atoms with Gasteiger partial charge in [-0.15, -0.1) is 11.8 Å². The molecule has 15 heavy (non-hydrogen) atoms. The highest BCUT2D eigenvalue weighted by atomic mass is 35.5. The van der Waals surface area contributed by atoms with Gasteiger partial charge in [-0.1, -0.05) is 11.6 Å². The number of nitrogens with one attached hydrogen (secondary N) is 1. The molecule has 1 aliphatic heterocycles. The summed E-state index contributed by atoms with van der Waals surface area (Å²) in [7, 11) is 0. The van der Waals surface area contributed by atoms with E-state index in [1.807, 2.05) is 13.0 Å². The molecule has 1 aromatic carbocycles. The van der Waals surface area contributed by atoms with E-state index in [1.165, 1.54) is 11.8 Å². The Morgan fingerprint density at radius 3 is 3.00 bits per heavy atom. The van der Waals surface area contributed by atoms with Gasteiger partial charge < -0.3 is 10.4 Å². The molecule has 80 valence electrons. The van der Waals surface area contributed by atoms with Gasteiger partial charge in [0.05, 0.1) is 0 Å². The maximum atomic E-state index is 11.0. The van der Waals surface area contributed by atoms with Gasteiger partial charge in [0, 0.05) is 21.6 Å². The van der Waals surface area contributed by atoms with Gasteiger partial charge in [0.2, 0.25) is 0 Å². The zero-order valence-corrected chi connectivity index (χ0v) is 9.60. The summed E-state index contributed by atoms with van der Waals surface area (Å²) in [5, 5.41) is 12.3. The third kappa shape index (κ3) is 2.06. The van der Waals surface area contributed by atoms with Crippen LogP contribution in [0.15, 0.2) is 23.1 Å². The first-order valence-electron chi connectivity index (χ1n) is 4.53. The number of thioether (sulfide) groups is 1. The predicted octanol–water partition coefficient (Wildman–Crippen LogP) is 2.70. The minimum absolute atomic E-state index is 0.0822. The van der Waals surface area contributed by atoms with Crippen molar-refractivity contribution < 1.29 is 9.90 Å². The summed E-state index contributed by atoms with van der Waals surface area (Å²) in [5.74, 6) is -0.800. The number of fused-ring (bicyclic) bond motifs is 1. The van der Waals surface area contributed by atoms with Crippen LogP contribution in [0.3, 0.4) is 0 Å². The second-order valence-electron chi connectivity index (χ2n) is 3.45. The van der Waals surface area contributed by atoms with Crippen LogP contribution in [-0.4, -0.2) is 22.4 Å². The Hall–Kier alpha value is -0.870. The number of anilines is 1. The fourth-order valence-corrected chi connectivity index (χ4v) is 2.87. The minimum atomic E-state index is -0.800. The van der Waals surface area contributed by atoms with Crippen LogP contribution >= 0.6 is 23.4 Å². The van der Waals surface area contributed by atoms with E-state index >= 15 is 0 Å². The molecule has 0 saturated heterocycles. The Labute approximate surface area is 96.8 Å². The fourth-order valence-electron chi connectivity index (χ4n) is 1.54. The van der Waals surface area contributed by atoms with E-state index < -0.39 is 11.2 Å². The van der Waals surface area contributed by atoms with E-state index in [-0.39, 0.29) is 6.04 Å². The highest BCUT2D eigenvalue weighted by Crippen LogP contribution is 2.39. The third-order valence-corrected chi connectivity index (χ3v) is 3.97. The molecule has 1 aliphatic rings. The van der Waals surface area contributed by atoms with Gasteiger partial charge >= 0.3 is 5.97 Å². The zero-order valence-electron chi connectivity index (χ0n) is 8.03. The maximum absolute atomic E-state index is 11.0. The lowest BCUT2D eigenvalue weighted by Gasteiger charge is -2.29. The van der Waals surface area contributed by atoms with Crippen LogP contribution in [0.2, 0.25) is 5.02 Å². The molecule has 2 unspecified atom stereocenters. The molecule has 0 saturated carbocycles. The summed E-state index contributed by atoms with van der Waals surface area (Å²) in [6.07, 6.45) is 0. The molecule has 2 rings (SSSR count). The molecule has 0 radical (unpaired) electrons. The van der Waals surface area contributed by atoms with Crippen LogP contribution in [0.5, 0.6) is 0 Å². The van der Waals surface area contributed by atoms with Gasteiger partial charge in [-0.25, -0.2) is 0 Å².